The van der Waals surface area contributed by atoms with Gasteiger partial charge in [0, 0.05) is 18.9 Å². The van der Waals surface area contributed by atoms with Gasteiger partial charge in [0.25, 0.3) is 5.09 Å². The third-order valence-corrected chi connectivity index (χ3v) is 5.76. The molecule has 19 heteroatoms. The molecule has 0 saturated carbocycles. The van der Waals surface area contributed by atoms with Gasteiger partial charge in [-0.25, -0.2) is 9.59 Å². The highest BCUT2D eigenvalue weighted by Gasteiger charge is 2.65. The van der Waals surface area contributed by atoms with E-state index in [-0.39, 0.29) is 24.6 Å². The van der Waals surface area contributed by atoms with Crippen molar-refractivity contribution in [3.8, 4) is 5.75 Å². The van der Waals surface area contributed by atoms with E-state index in [4.69, 9.17) is 0 Å². The van der Waals surface area contributed by atoms with Gasteiger partial charge in [-0.05, 0) is 37.6 Å². The summed E-state index contributed by atoms with van der Waals surface area (Å²) in [6, 6.07) is -0.234. The van der Waals surface area contributed by atoms with E-state index in [1.54, 1.807) is 0 Å². The van der Waals surface area contributed by atoms with Gasteiger partial charge in [0.1, 0.15) is 16.7 Å². The maximum Gasteiger partial charge on any atom is 0.511 e. The fourth-order valence-electron chi connectivity index (χ4n) is 3.01. The second kappa shape index (κ2) is 9.66. The van der Waals surface area contributed by atoms with Crippen LogP contribution in [0.2, 0.25) is 0 Å². The Hall–Kier alpha value is -3.51. The number of ether oxygens (including phenoxy) is 4. The SMILES string of the molecule is Cc1cc(S(F)(F)(F)(F)F)cc2c1OC(C(F)(F)F)C(C(=O)OC(C)OC(=O)OC(C)CCO[N+](=O)[O-])=C2. The van der Waals surface area contributed by atoms with E-state index >= 15 is 0 Å². The molecule has 0 radical (unpaired) electrons. The van der Waals surface area contributed by atoms with Crippen molar-refractivity contribution >= 4 is 28.4 Å². The maximum atomic E-state index is 13.6. The number of esters is 1. The molecule has 1 heterocycles. The predicted octanol–water partition coefficient (Wildman–Crippen LogP) is 6.39. The van der Waals surface area contributed by atoms with E-state index in [2.05, 4.69) is 23.8 Å². The Morgan fingerprint density at radius 3 is 2.24 bits per heavy atom. The minimum absolute atomic E-state index is 0.0724. The Bertz CT molecular complexity index is 1150. The molecule has 0 bridgehead atoms. The molecule has 1 aromatic rings. The summed E-state index contributed by atoms with van der Waals surface area (Å²) in [5.74, 6) is -2.68. The second-order valence-electron chi connectivity index (χ2n) is 7.88. The average Bonchev–Trinajstić information content (AvgIpc) is 2.69. The van der Waals surface area contributed by atoms with E-state index in [9.17, 15) is 52.3 Å². The molecule has 10 nitrogen and oxygen atoms in total. The number of rotatable bonds is 9. The van der Waals surface area contributed by atoms with E-state index in [0.29, 0.717) is 0 Å². The first kappa shape index (κ1) is 30.7. The Morgan fingerprint density at radius 1 is 1.11 bits per heavy atom. The van der Waals surface area contributed by atoms with Gasteiger partial charge in [-0.3, -0.25) is 0 Å². The number of fused-ring (bicyclic) bond motifs is 1. The zero-order valence-corrected chi connectivity index (χ0v) is 20.2. The minimum Gasteiger partial charge on any atom is -0.475 e. The molecule has 0 aromatic heterocycles. The van der Waals surface area contributed by atoms with Crippen molar-refractivity contribution in [2.24, 2.45) is 0 Å². The summed E-state index contributed by atoms with van der Waals surface area (Å²) in [5, 5.41) is 8.98. The molecule has 1 aliphatic heterocycles. The molecule has 0 amide bonds. The summed E-state index contributed by atoms with van der Waals surface area (Å²) < 4.78 is 126. The molecule has 0 N–H and O–H groups in total. The lowest BCUT2D eigenvalue weighted by atomic mass is 9.99. The van der Waals surface area contributed by atoms with Crippen molar-refractivity contribution in [2.45, 2.75) is 56.8 Å². The Morgan fingerprint density at radius 2 is 1.71 bits per heavy atom. The van der Waals surface area contributed by atoms with Crippen molar-refractivity contribution < 1.29 is 71.1 Å². The summed E-state index contributed by atoms with van der Waals surface area (Å²) in [6.45, 7) is 2.50. The number of carbonyl (C=O) groups is 2. The molecule has 1 aliphatic rings. The highest BCUT2D eigenvalue weighted by molar-refractivity contribution is 8.45. The lowest BCUT2D eigenvalue weighted by Gasteiger charge is -2.41. The number of halogens is 8. The monoisotopic (exact) mass is 589 g/mol. The lowest BCUT2D eigenvalue weighted by Crippen LogP contribution is -2.41. The maximum absolute atomic E-state index is 13.6. The predicted molar refractivity (Wildman–Crippen MR) is 111 cm³/mol. The van der Waals surface area contributed by atoms with Crippen molar-refractivity contribution in [2.75, 3.05) is 6.61 Å². The Labute approximate surface area is 208 Å². The topological polar surface area (TPSA) is 123 Å². The third-order valence-electron chi connectivity index (χ3n) is 4.64. The van der Waals surface area contributed by atoms with Gasteiger partial charge in [0.15, 0.2) is 0 Å². The van der Waals surface area contributed by atoms with E-state index in [1.807, 2.05) is 0 Å². The zero-order chi connectivity index (χ0) is 29.3. The van der Waals surface area contributed by atoms with E-state index < -0.39 is 86.1 Å². The molecule has 2 rings (SSSR count). The molecule has 0 fully saturated rings. The summed E-state index contributed by atoms with van der Waals surface area (Å²) in [6.07, 6.45) is -12.7. The van der Waals surface area contributed by atoms with Crippen molar-refractivity contribution in [1.29, 1.82) is 0 Å². The van der Waals surface area contributed by atoms with E-state index in [1.165, 1.54) is 6.92 Å². The van der Waals surface area contributed by atoms with Crippen molar-refractivity contribution in [3.63, 3.8) is 0 Å². The van der Waals surface area contributed by atoms with Gasteiger partial charge in [-0.1, -0.05) is 19.4 Å². The van der Waals surface area contributed by atoms with Crippen LogP contribution in [-0.4, -0.2) is 48.5 Å². The Kier molecular flexibility index (Phi) is 7.81. The molecule has 0 aliphatic carbocycles. The standard InChI is InChI=1S/C19H19F8NO9S/c1-9-6-13(38(23,24,25,26)27)7-12-8-14(16(19(20,21)22)37-15(9)12)17(29)35-11(3)36-18(30)34-10(2)4-5-33-28(31)32/h6-8,10-11,16H,4-5H2,1-3H3. The molecular formula is C19H19F8NO9S. The van der Waals surface area contributed by atoms with Crippen molar-refractivity contribution in [3.05, 3.63) is 38.9 Å². The van der Waals surface area contributed by atoms with Crippen LogP contribution in [0.3, 0.4) is 0 Å². The molecule has 216 valence electrons. The summed E-state index contributed by atoms with van der Waals surface area (Å²) >= 11 is 0. The summed E-state index contributed by atoms with van der Waals surface area (Å²) in [7, 11) is -10.3. The fourth-order valence-corrected chi connectivity index (χ4v) is 3.76. The van der Waals surface area contributed by atoms with E-state index in [0.717, 1.165) is 13.8 Å². The number of nitrogens with zero attached hydrogens (tertiary/aromatic N) is 1. The number of hydrogen-bond donors (Lipinski definition) is 0. The summed E-state index contributed by atoms with van der Waals surface area (Å²) in [5.41, 5.74) is -3.03. The minimum atomic E-state index is -10.3. The highest BCUT2D eigenvalue weighted by Crippen LogP contribution is 3.02. The van der Waals surface area contributed by atoms with Crippen LogP contribution in [0, 0.1) is 17.0 Å². The average molecular weight is 589 g/mol. The van der Waals surface area contributed by atoms with Crippen LogP contribution in [-0.2, 0) is 23.8 Å². The normalized spacial score (nSPS) is 18.8. The molecular weight excluding hydrogens is 570 g/mol. The molecule has 38 heavy (non-hydrogen) atoms. The number of hydrogen-bond acceptors (Lipinski definition) is 9. The van der Waals surface area contributed by atoms with Crippen LogP contribution in [0.4, 0.5) is 37.4 Å². The third kappa shape index (κ3) is 8.25. The largest absolute Gasteiger partial charge is 0.511 e. The van der Waals surface area contributed by atoms with Crippen LogP contribution in [0.15, 0.2) is 22.6 Å². The molecule has 1 aromatic carbocycles. The Balaban J connectivity index is 2.25. The van der Waals surface area contributed by atoms with Crippen LogP contribution in [0.25, 0.3) is 6.08 Å². The second-order valence-corrected chi connectivity index (χ2v) is 10.3. The summed E-state index contributed by atoms with van der Waals surface area (Å²) in [4.78, 5) is 35.8. The van der Waals surface area contributed by atoms with Gasteiger partial charge in [-0.15, -0.1) is 10.1 Å². The first-order valence-electron chi connectivity index (χ1n) is 10.2. The quantitative estimate of drug-likeness (QED) is 0.106. The van der Waals surface area contributed by atoms with Crippen molar-refractivity contribution in [1.82, 2.24) is 0 Å². The van der Waals surface area contributed by atoms with Gasteiger partial charge in [0.05, 0.1) is 12.2 Å². The van der Waals surface area contributed by atoms with Crippen LogP contribution >= 0.6 is 10.2 Å². The van der Waals surface area contributed by atoms with Crippen LogP contribution in [0.5, 0.6) is 5.75 Å². The zero-order valence-electron chi connectivity index (χ0n) is 19.4. The van der Waals surface area contributed by atoms with Gasteiger partial charge >= 0.3 is 28.5 Å². The lowest BCUT2D eigenvalue weighted by molar-refractivity contribution is -0.758. The molecule has 0 saturated heterocycles. The fraction of sp³-hybridized carbons (Fsp3) is 0.474. The van der Waals surface area contributed by atoms with Gasteiger partial charge in [-0.2, -0.15) is 13.2 Å². The molecule has 3 atom stereocenters. The smallest absolute Gasteiger partial charge is 0.475 e. The van der Waals surface area contributed by atoms with Crippen LogP contribution in [0.1, 0.15) is 31.4 Å². The number of alkyl halides is 3. The first-order chi connectivity index (χ1) is 17.0. The number of benzene rings is 1. The number of carbonyl (C=O) groups excluding carboxylic acids is 2. The van der Waals surface area contributed by atoms with Gasteiger partial charge in [0.2, 0.25) is 12.4 Å². The first-order valence-corrected chi connectivity index (χ1v) is 12.1. The highest BCUT2D eigenvalue weighted by atomic mass is 32.5. The molecule has 0 spiro atoms. The molecule has 3 unspecified atom stereocenters. The number of aryl methyl sites for hydroxylation is 1. The van der Waals surface area contributed by atoms with Gasteiger partial charge < -0.3 is 23.8 Å². The van der Waals surface area contributed by atoms with Crippen LogP contribution < -0.4 is 4.74 Å².